The van der Waals surface area contributed by atoms with Crippen molar-refractivity contribution in [1.29, 1.82) is 0 Å². The van der Waals surface area contributed by atoms with Gasteiger partial charge in [-0.25, -0.2) is 0 Å². The first kappa shape index (κ1) is 12.8. The monoisotopic (exact) mass is 220 g/mol. The van der Waals surface area contributed by atoms with Gasteiger partial charge in [0.15, 0.2) is 0 Å². The standard InChI is InChI=1S/C14H20O2/c1-5-10(2)8-13(15)12-6-7-14(16-4)11(3)9-12/h6-7,9,13,15H,2,5,8H2,1,3-4H3. The highest BCUT2D eigenvalue weighted by Crippen LogP contribution is 2.26. The van der Waals surface area contributed by atoms with Crippen molar-refractivity contribution in [3.8, 4) is 5.75 Å². The first-order valence-electron chi connectivity index (χ1n) is 5.57. The number of methoxy groups -OCH3 is 1. The van der Waals surface area contributed by atoms with Crippen LogP contribution in [0.2, 0.25) is 0 Å². The summed E-state index contributed by atoms with van der Waals surface area (Å²) in [5.74, 6) is 0.852. The lowest BCUT2D eigenvalue weighted by atomic mass is 9.99. The Labute approximate surface area is 97.6 Å². The number of ether oxygens (including phenoxy) is 1. The number of aliphatic hydroxyl groups is 1. The van der Waals surface area contributed by atoms with Gasteiger partial charge in [0.05, 0.1) is 13.2 Å². The Balaban J connectivity index is 2.80. The predicted octanol–water partition coefficient (Wildman–Crippen LogP) is 3.39. The van der Waals surface area contributed by atoms with Crippen LogP contribution in [0.5, 0.6) is 5.75 Å². The van der Waals surface area contributed by atoms with Crippen LogP contribution in [0.4, 0.5) is 0 Å². The highest BCUT2D eigenvalue weighted by atomic mass is 16.5. The average molecular weight is 220 g/mol. The molecule has 2 heteroatoms. The molecule has 2 nitrogen and oxygen atoms in total. The van der Waals surface area contributed by atoms with E-state index in [0.717, 1.165) is 28.9 Å². The molecule has 0 aliphatic rings. The van der Waals surface area contributed by atoms with Gasteiger partial charge in [-0.1, -0.05) is 25.1 Å². The van der Waals surface area contributed by atoms with Gasteiger partial charge >= 0.3 is 0 Å². The number of hydrogen-bond acceptors (Lipinski definition) is 2. The molecular weight excluding hydrogens is 200 g/mol. The summed E-state index contributed by atoms with van der Waals surface area (Å²) in [6.07, 6.45) is 1.08. The maximum Gasteiger partial charge on any atom is 0.121 e. The van der Waals surface area contributed by atoms with Crippen LogP contribution >= 0.6 is 0 Å². The fourth-order valence-corrected chi connectivity index (χ4v) is 1.64. The van der Waals surface area contributed by atoms with Crippen LogP contribution < -0.4 is 4.74 Å². The highest BCUT2D eigenvalue weighted by molar-refractivity contribution is 5.37. The van der Waals surface area contributed by atoms with Crippen molar-refractivity contribution in [2.45, 2.75) is 32.8 Å². The summed E-state index contributed by atoms with van der Waals surface area (Å²) in [6, 6.07) is 5.76. The molecule has 1 N–H and O–H groups in total. The molecule has 0 bridgehead atoms. The molecule has 1 aromatic carbocycles. The van der Waals surface area contributed by atoms with Crippen LogP contribution in [0.3, 0.4) is 0 Å². The second kappa shape index (κ2) is 5.71. The topological polar surface area (TPSA) is 29.5 Å². The second-order valence-corrected chi connectivity index (χ2v) is 4.05. The van der Waals surface area contributed by atoms with Gasteiger partial charge in [-0.15, -0.1) is 0 Å². The Kier molecular flexibility index (Phi) is 4.56. The van der Waals surface area contributed by atoms with E-state index in [-0.39, 0.29) is 0 Å². The normalized spacial score (nSPS) is 12.2. The van der Waals surface area contributed by atoms with E-state index in [1.807, 2.05) is 32.0 Å². The maximum absolute atomic E-state index is 10.0. The zero-order valence-electron chi connectivity index (χ0n) is 10.3. The molecule has 0 aromatic heterocycles. The largest absolute Gasteiger partial charge is 0.496 e. The molecular formula is C14H20O2. The molecule has 0 saturated carbocycles. The molecule has 16 heavy (non-hydrogen) atoms. The van der Waals surface area contributed by atoms with Gasteiger partial charge in [0.1, 0.15) is 5.75 Å². The molecule has 1 rings (SSSR count). The summed E-state index contributed by atoms with van der Waals surface area (Å²) < 4.78 is 5.18. The van der Waals surface area contributed by atoms with E-state index in [0.29, 0.717) is 6.42 Å². The number of hydrogen-bond donors (Lipinski definition) is 1. The van der Waals surface area contributed by atoms with E-state index in [2.05, 4.69) is 6.58 Å². The van der Waals surface area contributed by atoms with E-state index >= 15 is 0 Å². The van der Waals surface area contributed by atoms with Crippen LogP contribution in [0, 0.1) is 6.92 Å². The third-order valence-electron chi connectivity index (χ3n) is 2.79. The average Bonchev–Trinajstić information content (AvgIpc) is 2.28. The van der Waals surface area contributed by atoms with Gasteiger partial charge in [-0.05, 0) is 43.0 Å². The van der Waals surface area contributed by atoms with Crippen molar-refractivity contribution in [3.05, 3.63) is 41.5 Å². The Morgan fingerprint density at radius 2 is 2.19 bits per heavy atom. The Bertz CT molecular complexity index is 369. The minimum absolute atomic E-state index is 0.461. The third-order valence-corrected chi connectivity index (χ3v) is 2.79. The Hall–Kier alpha value is -1.28. The Morgan fingerprint density at radius 1 is 1.50 bits per heavy atom. The molecule has 0 saturated heterocycles. The van der Waals surface area contributed by atoms with Crippen LogP contribution in [0.1, 0.15) is 37.0 Å². The fourth-order valence-electron chi connectivity index (χ4n) is 1.64. The molecule has 0 amide bonds. The zero-order chi connectivity index (χ0) is 12.1. The van der Waals surface area contributed by atoms with E-state index in [4.69, 9.17) is 4.74 Å². The maximum atomic E-state index is 10.0. The molecule has 0 fully saturated rings. The van der Waals surface area contributed by atoms with Crippen molar-refractivity contribution >= 4 is 0 Å². The van der Waals surface area contributed by atoms with Gasteiger partial charge in [-0.2, -0.15) is 0 Å². The smallest absolute Gasteiger partial charge is 0.121 e. The van der Waals surface area contributed by atoms with Crippen molar-refractivity contribution < 1.29 is 9.84 Å². The molecule has 88 valence electrons. The SMILES string of the molecule is C=C(CC)CC(O)c1ccc(OC)c(C)c1. The summed E-state index contributed by atoms with van der Waals surface area (Å²) >= 11 is 0. The van der Waals surface area contributed by atoms with Gasteiger partial charge in [0.2, 0.25) is 0 Å². The molecule has 0 aliphatic carbocycles. The summed E-state index contributed by atoms with van der Waals surface area (Å²) in [6.45, 7) is 7.94. The number of aryl methyl sites for hydroxylation is 1. The quantitative estimate of drug-likeness (QED) is 0.771. The molecule has 0 heterocycles. The summed E-state index contributed by atoms with van der Waals surface area (Å²) in [5, 5.41) is 10.0. The van der Waals surface area contributed by atoms with Crippen LogP contribution in [0.25, 0.3) is 0 Å². The van der Waals surface area contributed by atoms with E-state index < -0.39 is 6.10 Å². The predicted molar refractivity (Wildman–Crippen MR) is 66.7 cm³/mol. The highest BCUT2D eigenvalue weighted by Gasteiger charge is 2.10. The molecule has 0 spiro atoms. The van der Waals surface area contributed by atoms with Gasteiger partial charge < -0.3 is 9.84 Å². The summed E-state index contributed by atoms with van der Waals surface area (Å²) in [7, 11) is 1.65. The van der Waals surface area contributed by atoms with Crippen LogP contribution in [0.15, 0.2) is 30.4 Å². The van der Waals surface area contributed by atoms with E-state index in [1.54, 1.807) is 7.11 Å². The molecule has 1 aromatic rings. The van der Waals surface area contributed by atoms with Crippen LogP contribution in [-0.4, -0.2) is 12.2 Å². The summed E-state index contributed by atoms with van der Waals surface area (Å²) in [5.41, 5.74) is 3.04. The van der Waals surface area contributed by atoms with Gasteiger partial charge in [0, 0.05) is 0 Å². The molecule has 0 radical (unpaired) electrons. The minimum Gasteiger partial charge on any atom is -0.496 e. The third kappa shape index (κ3) is 3.11. The lowest BCUT2D eigenvalue weighted by Gasteiger charge is -2.14. The lowest BCUT2D eigenvalue weighted by molar-refractivity contribution is 0.177. The van der Waals surface area contributed by atoms with E-state index in [9.17, 15) is 5.11 Å². The zero-order valence-corrected chi connectivity index (χ0v) is 10.3. The second-order valence-electron chi connectivity index (χ2n) is 4.05. The minimum atomic E-state index is -0.461. The lowest BCUT2D eigenvalue weighted by Crippen LogP contribution is -2.00. The van der Waals surface area contributed by atoms with Gasteiger partial charge in [0.25, 0.3) is 0 Å². The van der Waals surface area contributed by atoms with Crippen molar-refractivity contribution in [2.24, 2.45) is 0 Å². The number of benzene rings is 1. The Morgan fingerprint density at radius 3 is 2.69 bits per heavy atom. The van der Waals surface area contributed by atoms with Crippen LogP contribution in [-0.2, 0) is 0 Å². The molecule has 1 unspecified atom stereocenters. The number of rotatable bonds is 5. The molecule has 1 atom stereocenters. The van der Waals surface area contributed by atoms with Crippen molar-refractivity contribution in [2.75, 3.05) is 7.11 Å². The summed E-state index contributed by atoms with van der Waals surface area (Å²) in [4.78, 5) is 0. The van der Waals surface area contributed by atoms with E-state index in [1.165, 1.54) is 0 Å². The van der Waals surface area contributed by atoms with Crippen molar-refractivity contribution in [3.63, 3.8) is 0 Å². The number of aliphatic hydroxyl groups excluding tert-OH is 1. The molecule has 0 aliphatic heterocycles. The van der Waals surface area contributed by atoms with Crippen molar-refractivity contribution in [1.82, 2.24) is 0 Å². The van der Waals surface area contributed by atoms with Gasteiger partial charge in [-0.3, -0.25) is 0 Å². The first-order chi connectivity index (χ1) is 7.58. The fraction of sp³-hybridized carbons (Fsp3) is 0.429. The first-order valence-corrected chi connectivity index (χ1v) is 5.57.